The molecule has 3 aliphatic rings. The first kappa shape index (κ1) is 22.5. The van der Waals surface area contributed by atoms with Gasteiger partial charge in [-0.1, -0.05) is 22.9 Å². The maximum Gasteiger partial charge on any atom is 0.184 e. The van der Waals surface area contributed by atoms with Crippen LogP contribution in [0.2, 0.25) is 5.15 Å². The number of imidazole rings is 1. The number of fused-ring (bicyclic) bond motifs is 1. The summed E-state index contributed by atoms with van der Waals surface area (Å²) in [6, 6.07) is 4.27. The third-order valence-electron chi connectivity index (χ3n) is 6.83. The maximum absolute atomic E-state index is 13.5. The van der Waals surface area contributed by atoms with Crippen molar-refractivity contribution < 1.29 is 4.39 Å². The van der Waals surface area contributed by atoms with E-state index in [4.69, 9.17) is 11.6 Å². The molecule has 0 radical (unpaired) electrons. The van der Waals surface area contributed by atoms with E-state index in [1.807, 2.05) is 10.6 Å². The first-order valence-corrected chi connectivity index (χ1v) is 13.4. The van der Waals surface area contributed by atoms with E-state index >= 15 is 0 Å². The van der Waals surface area contributed by atoms with Crippen molar-refractivity contribution in [2.24, 2.45) is 0 Å². The molecule has 6 rings (SSSR count). The van der Waals surface area contributed by atoms with Gasteiger partial charge in [-0.25, -0.2) is 9.37 Å². The molecule has 4 heterocycles. The van der Waals surface area contributed by atoms with Crippen LogP contribution in [0.4, 0.5) is 10.1 Å². The number of nitrogens with one attached hydrogen (secondary N) is 2. The van der Waals surface area contributed by atoms with E-state index in [2.05, 4.69) is 49.2 Å². The smallest absolute Gasteiger partial charge is 0.184 e. The zero-order valence-corrected chi connectivity index (χ0v) is 21.0. The summed E-state index contributed by atoms with van der Waals surface area (Å²) in [5.74, 6) is 0.607. The van der Waals surface area contributed by atoms with Gasteiger partial charge in [0, 0.05) is 36.3 Å². The highest BCUT2D eigenvalue weighted by atomic mass is 35.5. The number of halogens is 2. The number of hydrogen-bond acceptors (Lipinski definition) is 9. The van der Waals surface area contributed by atoms with Crippen LogP contribution in [0, 0.1) is 11.3 Å². The molecule has 1 unspecified atom stereocenters. The molecule has 0 bridgehead atoms. The van der Waals surface area contributed by atoms with Crippen molar-refractivity contribution in [2.45, 2.75) is 54.5 Å². The highest BCUT2D eigenvalue weighted by molar-refractivity contribution is 7.97. The number of aromatic nitrogens is 4. The van der Waals surface area contributed by atoms with Gasteiger partial charge in [0.05, 0.1) is 17.8 Å². The van der Waals surface area contributed by atoms with Crippen LogP contribution in [-0.2, 0) is 5.41 Å². The van der Waals surface area contributed by atoms with Crippen molar-refractivity contribution in [3.05, 3.63) is 22.4 Å². The number of piperazine rings is 1. The summed E-state index contributed by atoms with van der Waals surface area (Å²) < 4.78 is 19.0. The average Bonchev–Trinajstić information content (AvgIpc) is 3.73. The van der Waals surface area contributed by atoms with E-state index in [0.29, 0.717) is 29.1 Å². The molecular weight excluding hydrogens is 495 g/mol. The van der Waals surface area contributed by atoms with Crippen LogP contribution in [0.3, 0.4) is 0 Å². The van der Waals surface area contributed by atoms with E-state index in [9.17, 15) is 9.65 Å². The van der Waals surface area contributed by atoms with Crippen molar-refractivity contribution in [1.29, 1.82) is 5.26 Å². The molecule has 0 aromatic carbocycles. The third-order valence-corrected chi connectivity index (χ3v) is 9.27. The number of anilines is 1. The zero-order valence-electron chi connectivity index (χ0n) is 18.6. The standard InChI is InChI=1S/C22H24ClFN8S2/c1-21(2-3-21)30-34-14-8-15(31-7-6-26-13(9-24)10-31)16-17(23)27-18(32(16)11-14)19-28-29-20(33-19)22(12-25)4-5-22/h8,11,13,26,30H,2-7,9-10H2,1H3. The molecule has 2 aliphatic carbocycles. The van der Waals surface area contributed by atoms with E-state index in [1.165, 1.54) is 11.3 Å². The Balaban J connectivity index is 1.44. The van der Waals surface area contributed by atoms with Crippen LogP contribution in [0.1, 0.15) is 37.6 Å². The molecule has 0 spiro atoms. The molecule has 3 aromatic rings. The maximum atomic E-state index is 13.5. The quantitative estimate of drug-likeness (QED) is 0.454. The van der Waals surface area contributed by atoms with Gasteiger partial charge >= 0.3 is 0 Å². The fourth-order valence-corrected chi connectivity index (χ4v) is 6.39. The molecule has 1 saturated heterocycles. The van der Waals surface area contributed by atoms with Gasteiger partial charge in [0.2, 0.25) is 0 Å². The molecule has 1 aliphatic heterocycles. The van der Waals surface area contributed by atoms with E-state index in [-0.39, 0.29) is 11.6 Å². The summed E-state index contributed by atoms with van der Waals surface area (Å²) in [5.41, 5.74) is 1.37. The molecular formula is C22H24ClFN8S2. The Labute approximate surface area is 210 Å². The van der Waals surface area contributed by atoms with Gasteiger partial charge in [-0.05, 0) is 50.6 Å². The summed E-state index contributed by atoms with van der Waals surface area (Å²) in [5, 5.41) is 23.2. The van der Waals surface area contributed by atoms with Gasteiger partial charge in [0.25, 0.3) is 0 Å². The van der Waals surface area contributed by atoms with Gasteiger partial charge in [0.1, 0.15) is 22.6 Å². The van der Waals surface area contributed by atoms with Crippen molar-refractivity contribution in [3.8, 4) is 16.9 Å². The molecule has 1 atom stereocenters. The fourth-order valence-electron chi connectivity index (χ4n) is 4.20. The normalized spacial score (nSPS) is 22.6. The number of hydrogen-bond donors (Lipinski definition) is 2. The van der Waals surface area contributed by atoms with Gasteiger partial charge in [-0.2, -0.15) is 5.26 Å². The number of pyridine rings is 1. The molecule has 34 heavy (non-hydrogen) atoms. The van der Waals surface area contributed by atoms with E-state index < -0.39 is 12.1 Å². The number of nitriles is 1. The number of nitrogens with zero attached hydrogens (tertiary/aromatic N) is 6. The second kappa shape index (κ2) is 8.31. The summed E-state index contributed by atoms with van der Waals surface area (Å²) in [4.78, 5) is 7.86. The largest absolute Gasteiger partial charge is 0.367 e. The van der Waals surface area contributed by atoms with Gasteiger partial charge in [0.15, 0.2) is 16.0 Å². The Kier molecular flexibility index (Phi) is 5.50. The summed E-state index contributed by atoms with van der Waals surface area (Å²) in [7, 11) is 0. The molecule has 12 heteroatoms. The monoisotopic (exact) mass is 518 g/mol. The third kappa shape index (κ3) is 3.95. The molecule has 178 valence electrons. The SMILES string of the molecule is CC1(NSc2cc(N3CCNC(CF)C3)c3c(Cl)nc(-c4nnc(C5(C#N)CC5)s4)n3c2)CC1. The lowest BCUT2D eigenvalue weighted by atomic mass is 10.1. The highest BCUT2D eigenvalue weighted by Gasteiger charge is 2.48. The van der Waals surface area contributed by atoms with Crippen LogP contribution in [0.15, 0.2) is 17.2 Å². The Morgan fingerprint density at radius 1 is 1.38 bits per heavy atom. The van der Waals surface area contributed by atoms with Crippen molar-refractivity contribution in [1.82, 2.24) is 29.6 Å². The molecule has 3 fully saturated rings. The topological polar surface area (TPSA) is 94.2 Å². The van der Waals surface area contributed by atoms with Crippen LogP contribution in [-0.4, -0.2) is 57.5 Å². The van der Waals surface area contributed by atoms with E-state index in [1.54, 1.807) is 11.9 Å². The highest BCUT2D eigenvalue weighted by Crippen LogP contribution is 2.49. The Bertz CT molecular complexity index is 1290. The van der Waals surface area contributed by atoms with Gasteiger partial charge < -0.3 is 10.2 Å². The summed E-state index contributed by atoms with van der Waals surface area (Å²) in [6.07, 6.45) is 5.96. The lowest BCUT2D eigenvalue weighted by molar-refractivity contribution is 0.353. The molecule has 2 saturated carbocycles. The second-order valence-electron chi connectivity index (χ2n) is 9.63. The first-order chi connectivity index (χ1) is 16.4. The van der Waals surface area contributed by atoms with Crippen molar-refractivity contribution >= 4 is 46.1 Å². The predicted octanol–water partition coefficient (Wildman–Crippen LogP) is 3.96. The van der Waals surface area contributed by atoms with Crippen LogP contribution < -0.4 is 14.9 Å². The Morgan fingerprint density at radius 2 is 2.21 bits per heavy atom. The first-order valence-electron chi connectivity index (χ1n) is 11.4. The van der Waals surface area contributed by atoms with E-state index in [0.717, 1.165) is 53.3 Å². The van der Waals surface area contributed by atoms with Gasteiger partial charge in [-0.15, -0.1) is 10.2 Å². The van der Waals surface area contributed by atoms with Crippen LogP contribution in [0.25, 0.3) is 16.3 Å². The molecule has 8 nitrogen and oxygen atoms in total. The number of rotatable bonds is 7. The van der Waals surface area contributed by atoms with Crippen LogP contribution >= 0.6 is 34.9 Å². The average molecular weight is 519 g/mol. The minimum Gasteiger partial charge on any atom is -0.367 e. The molecule has 3 aromatic heterocycles. The van der Waals surface area contributed by atoms with Crippen LogP contribution in [0.5, 0.6) is 0 Å². The van der Waals surface area contributed by atoms with Gasteiger partial charge in [-0.3, -0.25) is 9.12 Å². The lowest BCUT2D eigenvalue weighted by Gasteiger charge is -2.34. The fraction of sp³-hybridized carbons (Fsp3) is 0.545. The van der Waals surface area contributed by atoms with Crippen molar-refractivity contribution in [3.63, 3.8) is 0 Å². The Hall–Kier alpha value is -1.97. The second-order valence-corrected chi connectivity index (χ2v) is 11.8. The summed E-state index contributed by atoms with van der Waals surface area (Å²) >= 11 is 9.70. The molecule has 2 N–H and O–H groups in total. The Morgan fingerprint density at radius 3 is 2.91 bits per heavy atom. The lowest BCUT2D eigenvalue weighted by Crippen LogP contribution is -2.51. The molecule has 0 amide bonds. The number of alkyl halides is 1. The predicted molar refractivity (Wildman–Crippen MR) is 132 cm³/mol. The minimum absolute atomic E-state index is 0.160. The minimum atomic E-state index is -0.495. The zero-order chi connectivity index (χ0) is 23.5. The summed E-state index contributed by atoms with van der Waals surface area (Å²) in [6.45, 7) is 3.79. The van der Waals surface area contributed by atoms with Crippen molar-refractivity contribution in [2.75, 3.05) is 31.2 Å².